The van der Waals surface area contributed by atoms with E-state index in [0.29, 0.717) is 18.6 Å². The van der Waals surface area contributed by atoms with Gasteiger partial charge in [0.15, 0.2) is 0 Å². The summed E-state index contributed by atoms with van der Waals surface area (Å²) in [7, 11) is 0. The number of carbonyl (C=O) groups is 2. The molecule has 0 N–H and O–H groups in total. The summed E-state index contributed by atoms with van der Waals surface area (Å²) in [5, 5.41) is 0. The molecule has 6 rings (SSSR count). The maximum absolute atomic E-state index is 13.8. The Kier molecular flexibility index (Phi) is 8.45. The molecular formula is C29H27F5I2O4S. The number of carbonyl (C=O) groups excluding carboxylic acids is 2. The molecule has 4 saturated carbocycles. The Morgan fingerprint density at radius 3 is 2.02 bits per heavy atom. The molecule has 4 bridgehead atoms. The minimum absolute atomic E-state index is 0.0665. The molecule has 0 aromatic heterocycles. The van der Waals surface area contributed by atoms with Crippen LogP contribution in [0.15, 0.2) is 46.2 Å². The van der Waals surface area contributed by atoms with Crippen LogP contribution in [0.1, 0.15) is 51.0 Å². The number of aryl methyl sites for hydroxylation is 1. The maximum atomic E-state index is 13.8. The number of esters is 2. The van der Waals surface area contributed by atoms with Gasteiger partial charge in [-0.05, 0) is 144 Å². The lowest BCUT2D eigenvalue weighted by Gasteiger charge is -2.59. The molecule has 0 heterocycles. The van der Waals surface area contributed by atoms with Crippen molar-refractivity contribution in [2.75, 3.05) is 0 Å². The van der Waals surface area contributed by atoms with Gasteiger partial charge in [0.1, 0.15) is 5.75 Å². The first-order valence-corrected chi connectivity index (χ1v) is 16.1. The van der Waals surface area contributed by atoms with E-state index in [1.807, 2.05) is 19.1 Å². The van der Waals surface area contributed by atoms with Crippen molar-refractivity contribution in [2.45, 2.75) is 80.4 Å². The van der Waals surface area contributed by atoms with Crippen molar-refractivity contribution in [3.05, 3.63) is 49.1 Å². The Bertz CT molecular complexity index is 1310. The molecule has 4 aliphatic rings. The summed E-state index contributed by atoms with van der Waals surface area (Å²) in [6.07, 6.45) is -6.96. The van der Waals surface area contributed by atoms with Crippen molar-refractivity contribution < 1.29 is 41.0 Å². The zero-order valence-electron chi connectivity index (χ0n) is 22.1. The summed E-state index contributed by atoms with van der Waals surface area (Å²) in [5.41, 5.74) is -1.34. The van der Waals surface area contributed by atoms with Crippen LogP contribution in [-0.2, 0) is 14.3 Å². The van der Waals surface area contributed by atoms with Crippen molar-refractivity contribution in [1.29, 1.82) is 0 Å². The standard InChI is InChI=1S/C29H27F5I2O4S/c1-15-7-18(35)9-21(36)22(15)41-20-5-3-19(4-6-20)39-24(37)27-10-16-8-17(11-27)13-28(12-16,14-27)25(38)40-23(26(2,30)31)29(32,33)34/h3-7,9,16-17,23H,8,10-14H2,1-2H3. The average Bonchev–Trinajstić information content (AvgIpc) is 2.83. The summed E-state index contributed by atoms with van der Waals surface area (Å²) < 4.78 is 80.3. The monoisotopic (exact) mass is 820 g/mol. The number of hydrogen-bond acceptors (Lipinski definition) is 5. The third-order valence-corrected chi connectivity index (χ3v) is 11.5. The van der Waals surface area contributed by atoms with Crippen molar-refractivity contribution in [1.82, 2.24) is 0 Å². The molecule has 0 amide bonds. The Morgan fingerprint density at radius 2 is 1.51 bits per heavy atom. The highest BCUT2D eigenvalue weighted by Gasteiger charge is 2.66. The molecule has 4 nitrogen and oxygen atoms in total. The summed E-state index contributed by atoms with van der Waals surface area (Å²) in [6.45, 7) is 2.14. The van der Waals surface area contributed by atoms with Crippen molar-refractivity contribution in [3.8, 4) is 5.75 Å². The molecular weight excluding hydrogens is 793 g/mol. The van der Waals surface area contributed by atoms with E-state index in [-0.39, 0.29) is 38.0 Å². The highest BCUT2D eigenvalue weighted by Crippen LogP contribution is 2.66. The van der Waals surface area contributed by atoms with E-state index < -0.39 is 41.0 Å². The maximum Gasteiger partial charge on any atom is 0.431 e. The zero-order chi connectivity index (χ0) is 30.0. The van der Waals surface area contributed by atoms with Gasteiger partial charge in [-0.1, -0.05) is 11.8 Å². The molecule has 0 aliphatic heterocycles. The number of benzene rings is 2. The van der Waals surface area contributed by atoms with Gasteiger partial charge in [0.05, 0.1) is 10.8 Å². The summed E-state index contributed by atoms with van der Waals surface area (Å²) in [5.74, 6) is -6.01. The van der Waals surface area contributed by atoms with Crippen LogP contribution in [0.25, 0.3) is 0 Å². The summed E-state index contributed by atoms with van der Waals surface area (Å²) in [4.78, 5) is 28.8. The van der Waals surface area contributed by atoms with Crippen LogP contribution in [0.3, 0.4) is 0 Å². The molecule has 3 atom stereocenters. The average molecular weight is 820 g/mol. The third kappa shape index (κ3) is 6.39. The number of halogens is 7. The Morgan fingerprint density at radius 1 is 0.951 bits per heavy atom. The molecule has 0 spiro atoms. The molecule has 0 radical (unpaired) electrons. The Balaban J connectivity index is 1.32. The van der Waals surface area contributed by atoms with Gasteiger partial charge in [0.25, 0.3) is 12.0 Å². The van der Waals surface area contributed by atoms with Gasteiger partial charge in [-0.25, -0.2) is 8.78 Å². The van der Waals surface area contributed by atoms with Crippen LogP contribution < -0.4 is 4.74 Å². The molecule has 0 saturated heterocycles. The first-order valence-electron chi connectivity index (χ1n) is 13.1. The van der Waals surface area contributed by atoms with E-state index in [9.17, 15) is 31.5 Å². The second-order valence-electron chi connectivity index (χ2n) is 11.8. The molecule has 2 aromatic carbocycles. The molecule has 12 heteroatoms. The lowest BCUT2D eigenvalue weighted by atomic mass is 9.44. The fourth-order valence-corrected chi connectivity index (χ4v) is 10.5. The van der Waals surface area contributed by atoms with Crippen LogP contribution in [-0.4, -0.2) is 30.1 Å². The molecule has 222 valence electrons. The van der Waals surface area contributed by atoms with Gasteiger partial charge in [0.2, 0.25) is 0 Å². The minimum Gasteiger partial charge on any atom is -0.446 e. The fourth-order valence-electron chi connectivity index (χ4n) is 7.16. The second kappa shape index (κ2) is 11.1. The normalized spacial score (nSPS) is 27.9. The second-order valence-corrected chi connectivity index (χ2v) is 15.3. The van der Waals surface area contributed by atoms with Crippen LogP contribution in [0, 0.1) is 36.7 Å². The van der Waals surface area contributed by atoms with E-state index in [0.717, 1.165) is 28.9 Å². The van der Waals surface area contributed by atoms with Crippen LogP contribution in [0.5, 0.6) is 5.75 Å². The van der Waals surface area contributed by atoms with E-state index in [2.05, 4.69) is 62.1 Å². The molecule has 4 aliphatic carbocycles. The van der Waals surface area contributed by atoms with Gasteiger partial charge < -0.3 is 9.47 Å². The first-order chi connectivity index (χ1) is 19.0. The minimum atomic E-state index is -5.42. The van der Waals surface area contributed by atoms with E-state index in [1.54, 1.807) is 23.9 Å². The summed E-state index contributed by atoms with van der Waals surface area (Å²) >= 11 is 6.18. The van der Waals surface area contributed by atoms with Gasteiger partial charge in [-0.2, -0.15) is 13.2 Å². The van der Waals surface area contributed by atoms with Gasteiger partial charge >= 0.3 is 18.1 Å². The number of hydrogen-bond donors (Lipinski definition) is 0. The summed E-state index contributed by atoms with van der Waals surface area (Å²) in [6, 6.07) is 11.3. The van der Waals surface area contributed by atoms with Crippen molar-refractivity contribution >= 4 is 68.9 Å². The predicted octanol–water partition coefficient (Wildman–Crippen LogP) is 8.98. The predicted molar refractivity (Wildman–Crippen MR) is 159 cm³/mol. The van der Waals surface area contributed by atoms with Gasteiger partial charge in [0, 0.05) is 23.9 Å². The van der Waals surface area contributed by atoms with Crippen LogP contribution in [0.2, 0.25) is 0 Å². The zero-order valence-corrected chi connectivity index (χ0v) is 27.3. The Hall–Kier alpha value is -1.16. The highest BCUT2D eigenvalue weighted by atomic mass is 127. The third-order valence-electron chi connectivity index (χ3n) is 8.36. The lowest BCUT2D eigenvalue weighted by molar-refractivity contribution is -0.280. The Labute approximate surface area is 266 Å². The number of alkyl halides is 5. The van der Waals surface area contributed by atoms with E-state index in [4.69, 9.17) is 4.74 Å². The highest BCUT2D eigenvalue weighted by molar-refractivity contribution is 14.1. The molecule has 3 unspecified atom stereocenters. The van der Waals surface area contributed by atoms with E-state index in [1.165, 1.54) is 0 Å². The van der Waals surface area contributed by atoms with Crippen LogP contribution in [0.4, 0.5) is 22.0 Å². The quantitative estimate of drug-likeness (QED) is 0.121. The van der Waals surface area contributed by atoms with Crippen molar-refractivity contribution in [2.24, 2.45) is 22.7 Å². The first kappa shape index (κ1) is 31.3. The number of ether oxygens (including phenoxy) is 2. The topological polar surface area (TPSA) is 52.6 Å². The number of rotatable bonds is 7. The van der Waals surface area contributed by atoms with Gasteiger partial charge in [-0.3, -0.25) is 9.59 Å². The molecule has 2 aromatic rings. The molecule has 4 fully saturated rings. The SMILES string of the molecule is Cc1cc(I)cc(I)c1Sc1ccc(OC(=O)C23CC4CC(C2)CC(C(=O)OC(C(C)(F)F)C(F)(F)F)(C4)C3)cc1. The van der Waals surface area contributed by atoms with Crippen molar-refractivity contribution in [3.63, 3.8) is 0 Å². The smallest absolute Gasteiger partial charge is 0.431 e. The van der Waals surface area contributed by atoms with Gasteiger partial charge in [-0.15, -0.1) is 0 Å². The van der Waals surface area contributed by atoms with E-state index >= 15 is 0 Å². The van der Waals surface area contributed by atoms with Crippen LogP contribution >= 0.6 is 56.9 Å². The fraction of sp³-hybridized carbons (Fsp3) is 0.517. The lowest BCUT2D eigenvalue weighted by Crippen LogP contribution is -2.60. The largest absolute Gasteiger partial charge is 0.446 e. The molecule has 41 heavy (non-hydrogen) atoms.